The molecule has 1 N–H and O–H groups in total. The molecular weight excluding hydrogens is 548 g/mol. The molecule has 32 heavy (non-hydrogen) atoms. The summed E-state index contributed by atoms with van der Waals surface area (Å²) in [5.74, 6) is -2.34. The molecule has 0 spiro atoms. The molecule has 1 aliphatic rings. The maximum atomic E-state index is 13.1. The minimum Gasteiger partial charge on any atom is -0.457 e. The molecule has 8 nitrogen and oxygen atoms in total. The SMILES string of the molecule is O=C1NC(=O)N(c2ccc(Br)cc2)C(=O)/C1=C\c1cc(Br)ccc1OC(=O)c1ccco1. The normalized spacial score (nSPS) is 15.1. The number of carbonyl (C=O) groups is 4. The molecule has 3 aromatic rings. The van der Waals surface area contributed by atoms with E-state index in [4.69, 9.17) is 9.15 Å². The molecule has 0 unspecified atom stereocenters. The third-order valence-electron chi connectivity index (χ3n) is 4.38. The molecule has 160 valence electrons. The van der Waals surface area contributed by atoms with Gasteiger partial charge >= 0.3 is 12.0 Å². The minimum absolute atomic E-state index is 0.00924. The highest BCUT2D eigenvalue weighted by Crippen LogP contribution is 2.29. The fraction of sp³-hybridized carbons (Fsp3) is 0. The third kappa shape index (κ3) is 4.41. The van der Waals surface area contributed by atoms with Crippen LogP contribution in [-0.2, 0) is 9.59 Å². The Labute approximate surface area is 198 Å². The van der Waals surface area contributed by atoms with E-state index in [1.165, 1.54) is 24.5 Å². The number of halogens is 2. The summed E-state index contributed by atoms with van der Waals surface area (Å²) >= 11 is 6.61. The average molecular weight is 560 g/mol. The number of nitrogens with one attached hydrogen (secondary N) is 1. The monoisotopic (exact) mass is 558 g/mol. The van der Waals surface area contributed by atoms with Crippen LogP contribution in [0.5, 0.6) is 5.75 Å². The largest absolute Gasteiger partial charge is 0.457 e. The summed E-state index contributed by atoms with van der Waals surface area (Å²) in [5.41, 5.74) is 0.247. The molecular formula is C22H12Br2N2O6. The number of nitrogens with zero attached hydrogens (tertiary/aromatic N) is 1. The second kappa shape index (κ2) is 8.93. The molecule has 4 rings (SSSR count). The Morgan fingerprint density at radius 2 is 1.72 bits per heavy atom. The van der Waals surface area contributed by atoms with Gasteiger partial charge in [-0.15, -0.1) is 0 Å². The molecule has 0 saturated carbocycles. The molecule has 0 atom stereocenters. The van der Waals surface area contributed by atoms with Gasteiger partial charge in [0.25, 0.3) is 11.8 Å². The highest BCUT2D eigenvalue weighted by Gasteiger charge is 2.37. The van der Waals surface area contributed by atoms with Crippen LogP contribution in [0, 0.1) is 0 Å². The number of hydrogen-bond donors (Lipinski definition) is 1. The fourth-order valence-electron chi connectivity index (χ4n) is 2.91. The van der Waals surface area contributed by atoms with Gasteiger partial charge in [0.1, 0.15) is 11.3 Å². The van der Waals surface area contributed by atoms with Crippen LogP contribution in [0.3, 0.4) is 0 Å². The van der Waals surface area contributed by atoms with Gasteiger partial charge in [0.15, 0.2) is 0 Å². The first kappa shape index (κ1) is 21.7. The zero-order valence-electron chi connectivity index (χ0n) is 16.0. The molecule has 1 fully saturated rings. The van der Waals surface area contributed by atoms with Gasteiger partial charge < -0.3 is 9.15 Å². The van der Waals surface area contributed by atoms with Crippen molar-refractivity contribution in [1.82, 2.24) is 5.32 Å². The van der Waals surface area contributed by atoms with Crippen molar-refractivity contribution >= 4 is 67.4 Å². The van der Waals surface area contributed by atoms with E-state index in [0.717, 1.165) is 9.37 Å². The molecule has 2 aromatic carbocycles. The van der Waals surface area contributed by atoms with E-state index in [1.807, 2.05) is 0 Å². The van der Waals surface area contributed by atoms with Crippen LogP contribution in [0.25, 0.3) is 6.08 Å². The van der Waals surface area contributed by atoms with Crippen LogP contribution in [0.1, 0.15) is 16.1 Å². The van der Waals surface area contributed by atoms with Crippen LogP contribution in [-0.4, -0.2) is 23.8 Å². The molecule has 2 heterocycles. The summed E-state index contributed by atoms with van der Waals surface area (Å²) in [6.45, 7) is 0. The number of ether oxygens (including phenoxy) is 1. The predicted octanol–water partition coefficient (Wildman–Crippen LogP) is 4.69. The number of imide groups is 2. The highest BCUT2D eigenvalue weighted by molar-refractivity contribution is 9.10. The van der Waals surface area contributed by atoms with E-state index in [0.29, 0.717) is 4.47 Å². The summed E-state index contributed by atoms with van der Waals surface area (Å²) in [6.07, 6.45) is 2.59. The van der Waals surface area contributed by atoms with E-state index in [9.17, 15) is 19.2 Å². The lowest BCUT2D eigenvalue weighted by Crippen LogP contribution is -2.54. The highest BCUT2D eigenvalue weighted by atomic mass is 79.9. The summed E-state index contributed by atoms with van der Waals surface area (Å²) in [5, 5.41) is 2.15. The number of furan rings is 1. The molecule has 10 heteroatoms. The Hall–Kier alpha value is -3.50. The van der Waals surface area contributed by atoms with Gasteiger partial charge in [0, 0.05) is 14.5 Å². The zero-order valence-corrected chi connectivity index (χ0v) is 19.2. The van der Waals surface area contributed by atoms with Crippen molar-refractivity contribution in [1.29, 1.82) is 0 Å². The van der Waals surface area contributed by atoms with Crippen LogP contribution >= 0.6 is 31.9 Å². The quantitative estimate of drug-likeness (QED) is 0.215. The number of carbonyl (C=O) groups excluding carboxylic acids is 4. The second-order valence-corrected chi connectivity index (χ2v) is 8.31. The standard InChI is InChI=1S/C22H12Br2N2O6/c23-13-3-6-15(7-4-13)26-20(28)16(19(27)25-22(26)30)11-12-10-14(24)5-8-17(12)32-21(29)18-2-1-9-31-18/h1-11H,(H,25,27,30)/b16-11-. The van der Waals surface area contributed by atoms with Crippen LogP contribution in [0.15, 0.2) is 79.8 Å². The summed E-state index contributed by atoms with van der Waals surface area (Å²) < 4.78 is 11.8. The fourth-order valence-corrected chi connectivity index (χ4v) is 3.55. The molecule has 1 saturated heterocycles. The number of benzene rings is 2. The van der Waals surface area contributed by atoms with Crippen LogP contribution in [0.4, 0.5) is 10.5 Å². The van der Waals surface area contributed by atoms with Crippen molar-refractivity contribution in [3.8, 4) is 5.75 Å². The number of esters is 1. The summed E-state index contributed by atoms with van der Waals surface area (Å²) in [7, 11) is 0. The maximum Gasteiger partial charge on any atom is 0.379 e. The third-order valence-corrected chi connectivity index (χ3v) is 5.41. The second-order valence-electron chi connectivity index (χ2n) is 6.48. The smallest absolute Gasteiger partial charge is 0.379 e. The van der Waals surface area contributed by atoms with Gasteiger partial charge in [-0.25, -0.2) is 14.5 Å². The summed E-state index contributed by atoms with van der Waals surface area (Å²) in [4.78, 5) is 51.0. The van der Waals surface area contributed by atoms with E-state index in [2.05, 4.69) is 37.2 Å². The molecule has 1 aromatic heterocycles. The first-order chi connectivity index (χ1) is 15.3. The number of barbiturate groups is 1. The van der Waals surface area contributed by atoms with E-state index in [1.54, 1.807) is 42.5 Å². The number of anilines is 1. The molecule has 4 amide bonds. The molecule has 0 bridgehead atoms. The van der Waals surface area contributed by atoms with Gasteiger partial charge in [-0.05, 0) is 60.7 Å². The van der Waals surface area contributed by atoms with E-state index in [-0.39, 0.29) is 28.3 Å². The number of hydrogen-bond acceptors (Lipinski definition) is 6. The topological polar surface area (TPSA) is 106 Å². The van der Waals surface area contributed by atoms with Crippen molar-refractivity contribution in [2.75, 3.05) is 4.90 Å². The minimum atomic E-state index is -0.864. The van der Waals surface area contributed by atoms with Gasteiger partial charge in [0.05, 0.1) is 12.0 Å². The van der Waals surface area contributed by atoms with Gasteiger partial charge in [-0.3, -0.25) is 14.9 Å². The zero-order chi connectivity index (χ0) is 22.8. The number of rotatable bonds is 4. The lowest BCUT2D eigenvalue weighted by atomic mass is 10.1. The number of urea groups is 1. The van der Waals surface area contributed by atoms with Crippen molar-refractivity contribution in [2.24, 2.45) is 0 Å². The Morgan fingerprint density at radius 1 is 1.00 bits per heavy atom. The average Bonchev–Trinajstić information content (AvgIpc) is 3.29. The van der Waals surface area contributed by atoms with Crippen molar-refractivity contribution in [2.45, 2.75) is 0 Å². The van der Waals surface area contributed by atoms with Crippen LogP contribution in [0.2, 0.25) is 0 Å². The van der Waals surface area contributed by atoms with Gasteiger partial charge in [0.2, 0.25) is 5.76 Å². The Morgan fingerprint density at radius 3 is 2.41 bits per heavy atom. The Kier molecular flexibility index (Phi) is 6.06. The Balaban J connectivity index is 1.71. The van der Waals surface area contributed by atoms with Crippen LogP contribution < -0.4 is 15.0 Å². The lowest BCUT2D eigenvalue weighted by molar-refractivity contribution is -0.122. The van der Waals surface area contributed by atoms with Crippen molar-refractivity contribution < 1.29 is 28.3 Å². The van der Waals surface area contributed by atoms with E-state index < -0.39 is 23.8 Å². The van der Waals surface area contributed by atoms with Gasteiger partial charge in [-0.2, -0.15) is 0 Å². The summed E-state index contributed by atoms with van der Waals surface area (Å²) in [6, 6.07) is 13.3. The number of amides is 4. The van der Waals surface area contributed by atoms with Gasteiger partial charge in [-0.1, -0.05) is 31.9 Å². The first-order valence-electron chi connectivity index (χ1n) is 9.06. The molecule has 0 radical (unpaired) electrons. The maximum absolute atomic E-state index is 13.1. The molecule has 0 aliphatic carbocycles. The van der Waals surface area contributed by atoms with E-state index >= 15 is 0 Å². The lowest BCUT2D eigenvalue weighted by Gasteiger charge is -2.26. The molecule has 1 aliphatic heterocycles. The Bertz CT molecular complexity index is 1270. The first-order valence-corrected chi connectivity index (χ1v) is 10.6. The van der Waals surface area contributed by atoms with Crippen molar-refractivity contribution in [3.63, 3.8) is 0 Å². The van der Waals surface area contributed by atoms with Crippen molar-refractivity contribution in [3.05, 3.63) is 86.7 Å². The predicted molar refractivity (Wildman–Crippen MR) is 121 cm³/mol.